The van der Waals surface area contributed by atoms with Crippen molar-refractivity contribution in [3.05, 3.63) is 0 Å². The first-order valence-corrected chi connectivity index (χ1v) is 13.8. The van der Waals surface area contributed by atoms with Crippen LogP contribution in [0.1, 0.15) is 0 Å². The Balaban J connectivity index is 4.72. The molecule has 16 heavy (non-hydrogen) atoms. The molecule has 0 spiro atoms. The average Bonchev–Trinajstić information content (AvgIpc) is 1.70. The van der Waals surface area contributed by atoms with Crippen LogP contribution in [0.15, 0.2) is 0 Å². The zero-order valence-electron chi connectivity index (χ0n) is 11.3. The summed E-state index contributed by atoms with van der Waals surface area (Å²) in [6.45, 7) is 10.5. The van der Waals surface area contributed by atoms with E-state index in [1.807, 2.05) is 0 Å². The molecule has 0 amide bonds. The summed E-state index contributed by atoms with van der Waals surface area (Å²) in [6.07, 6.45) is 1.68. The minimum absolute atomic E-state index is 0.0718. The lowest BCUT2D eigenvalue weighted by Crippen LogP contribution is -2.16. The molecule has 0 aromatic rings. The molecule has 98 valence electrons. The lowest BCUT2D eigenvalue weighted by Gasteiger charge is -2.23. The van der Waals surface area contributed by atoms with E-state index in [-0.39, 0.29) is 5.92 Å². The predicted octanol–water partition coefficient (Wildman–Crippen LogP) is 3.47. The van der Waals surface area contributed by atoms with E-state index in [0.717, 1.165) is 0 Å². The number of hydrogen-bond acceptors (Lipinski definition) is 3. The first-order chi connectivity index (χ1) is 6.79. The summed E-state index contributed by atoms with van der Waals surface area (Å²) in [5, 5.41) is 0. The van der Waals surface area contributed by atoms with Crippen LogP contribution in [0.2, 0.25) is 0 Å². The summed E-state index contributed by atoms with van der Waals surface area (Å²) in [5.41, 5.74) is 0. The molecule has 0 bridgehead atoms. The van der Waals surface area contributed by atoms with Crippen molar-refractivity contribution in [2.24, 2.45) is 5.92 Å². The van der Waals surface area contributed by atoms with Gasteiger partial charge in [0.1, 0.15) is 0 Å². The third-order valence-electron chi connectivity index (χ3n) is 2.09. The van der Waals surface area contributed by atoms with Crippen molar-refractivity contribution >= 4 is 21.4 Å². The van der Waals surface area contributed by atoms with Gasteiger partial charge >= 0.3 is 0 Å². The molecule has 0 radical (unpaired) electrons. The Hall–Kier alpha value is 0.690. The van der Waals surface area contributed by atoms with E-state index >= 15 is 0 Å². The Morgan fingerprint density at radius 2 is 0.812 bits per heavy atom. The van der Waals surface area contributed by atoms with Crippen LogP contribution in [-0.4, -0.2) is 58.5 Å². The van der Waals surface area contributed by atoms with Gasteiger partial charge in [-0.05, 0) is 45.9 Å². The summed E-state index contributed by atoms with van der Waals surface area (Å²) >= 11 is 0. The van der Waals surface area contributed by atoms with Crippen molar-refractivity contribution in [2.45, 2.75) is 0 Å². The zero-order valence-corrected chi connectivity index (χ0v) is 13.9. The molecule has 0 N–H and O–H groups in total. The van der Waals surface area contributed by atoms with Gasteiger partial charge in [-0.2, -0.15) is 0 Å². The van der Waals surface area contributed by atoms with Gasteiger partial charge in [-0.15, -0.1) is 0 Å². The van der Waals surface area contributed by atoms with E-state index in [1.165, 1.54) is 0 Å². The molecule has 0 fully saturated rings. The summed E-state index contributed by atoms with van der Waals surface area (Å²) < 4.78 is 35.5. The van der Waals surface area contributed by atoms with Crippen molar-refractivity contribution in [1.82, 2.24) is 0 Å². The minimum Gasteiger partial charge on any atom is -0.324 e. The van der Waals surface area contributed by atoms with Crippen LogP contribution < -0.4 is 0 Å². The topological polar surface area (TPSA) is 51.2 Å². The molecular weight excluding hydrogens is 261 g/mol. The van der Waals surface area contributed by atoms with E-state index in [1.54, 1.807) is 40.0 Å². The summed E-state index contributed by atoms with van der Waals surface area (Å²) in [6, 6.07) is 0. The maximum absolute atomic E-state index is 11.8. The highest BCUT2D eigenvalue weighted by molar-refractivity contribution is 7.64. The molecule has 0 saturated heterocycles. The highest BCUT2D eigenvalue weighted by Crippen LogP contribution is 2.49. The monoisotopic (exact) mass is 286 g/mol. The van der Waals surface area contributed by atoms with Gasteiger partial charge in [0.15, 0.2) is 0 Å². The Morgan fingerprint density at radius 1 is 0.625 bits per heavy atom. The molecule has 0 aliphatic rings. The van der Waals surface area contributed by atoms with Gasteiger partial charge in [-0.1, -0.05) is 0 Å². The Kier molecular flexibility index (Phi) is 5.79. The van der Waals surface area contributed by atoms with Crippen molar-refractivity contribution in [3.63, 3.8) is 0 Å². The van der Waals surface area contributed by atoms with Gasteiger partial charge in [0, 0.05) is 18.5 Å². The molecular formula is C10H25O3P3. The second-order valence-corrected chi connectivity index (χ2v) is 16.7. The summed E-state index contributed by atoms with van der Waals surface area (Å²) in [4.78, 5) is 0. The second kappa shape index (κ2) is 5.55. The van der Waals surface area contributed by atoms with Gasteiger partial charge in [0.05, 0.1) is 21.4 Å². The fourth-order valence-corrected chi connectivity index (χ4v) is 7.16. The minimum atomic E-state index is -2.14. The SMILES string of the molecule is CP(C)(=O)CC(CP(C)(C)=O)CP(C)(C)=O. The average molecular weight is 286 g/mol. The van der Waals surface area contributed by atoms with Gasteiger partial charge < -0.3 is 13.7 Å². The molecule has 0 atom stereocenters. The maximum Gasteiger partial charge on any atom is 0.0822 e. The molecule has 0 aromatic carbocycles. The van der Waals surface area contributed by atoms with E-state index in [4.69, 9.17) is 0 Å². The van der Waals surface area contributed by atoms with Crippen molar-refractivity contribution in [2.75, 3.05) is 58.5 Å². The lowest BCUT2D eigenvalue weighted by molar-refractivity contribution is 0.557. The third kappa shape index (κ3) is 11.2. The van der Waals surface area contributed by atoms with E-state index in [9.17, 15) is 13.7 Å². The molecule has 0 aliphatic carbocycles. The molecule has 0 unspecified atom stereocenters. The second-order valence-electron chi connectivity index (χ2n) is 6.14. The molecule has 0 aromatic heterocycles. The Morgan fingerprint density at radius 3 is 0.938 bits per heavy atom. The van der Waals surface area contributed by atoms with Crippen LogP contribution >= 0.6 is 21.4 Å². The van der Waals surface area contributed by atoms with Crippen molar-refractivity contribution in [1.29, 1.82) is 0 Å². The number of rotatable bonds is 6. The fraction of sp³-hybridized carbons (Fsp3) is 1.00. The largest absolute Gasteiger partial charge is 0.324 e. The van der Waals surface area contributed by atoms with E-state index < -0.39 is 21.4 Å². The molecule has 0 saturated carbocycles. The normalized spacial score (nSPS) is 14.4. The van der Waals surface area contributed by atoms with Gasteiger partial charge in [-0.25, -0.2) is 0 Å². The fourth-order valence-electron chi connectivity index (χ4n) is 2.04. The highest BCUT2D eigenvalue weighted by atomic mass is 31.2. The van der Waals surface area contributed by atoms with Gasteiger partial charge in [0.25, 0.3) is 0 Å². The lowest BCUT2D eigenvalue weighted by atomic mass is 10.3. The predicted molar refractivity (Wildman–Crippen MR) is 76.5 cm³/mol. The Bertz CT molecular complexity index is 300. The van der Waals surface area contributed by atoms with Gasteiger partial charge in [-0.3, -0.25) is 0 Å². The molecule has 0 rings (SSSR count). The third-order valence-corrected chi connectivity index (χ3v) is 6.28. The first kappa shape index (κ1) is 16.7. The zero-order chi connectivity index (χ0) is 13.2. The number of hydrogen-bond donors (Lipinski definition) is 0. The van der Waals surface area contributed by atoms with Crippen LogP contribution in [-0.2, 0) is 13.7 Å². The van der Waals surface area contributed by atoms with E-state index in [2.05, 4.69) is 0 Å². The standard InChI is InChI=1S/C10H25O3P3/c1-14(2,11)7-10(8-15(3,4)12)9-16(5,6)13/h10H,7-9H2,1-6H3. The smallest absolute Gasteiger partial charge is 0.0822 e. The summed E-state index contributed by atoms with van der Waals surface area (Å²) in [5.74, 6) is 0.0718. The quantitative estimate of drug-likeness (QED) is 0.702. The molecule has 0 heterocycles. The van der Waals surface area contributed by atoms with Crippen LogP contribution in [0.25, 0.3) is 0 Å². The highest BCUT2D eigenvalue weighted by Gasteiger charge is 2.26. The molecule has 6 heteroatoms. The van der Waals surface area contributed by atoms with Crippen molar-refractivity contribution < 1.29 is 13.7 Å². The van der Waals surface area contributed by atoms with Crippen molar-refractivity contribution in [3.8, 4) is 0 Å². The molecule has 0 aliphatic heterocycles. The van der Waals surface area contributed by atoms with Crippen LogP contribution in [0, 0.1) is 5.92 Å². The maximum atomic E-state index is 11.8. The van der Waals surface area contributed by atoms with Crippen LogP contribution in [0.3, 0.4) is 0 Å². The summed E-state index contributed by atoms with van der Waals surface area (Å²) in [7, 11) is -6.41. The van der Waals surface area contributed by atoms with Crippen LogP contribution in [0.5, 0.6) is 0 Å². The van der Waals surface area contributed by atoms with Gasteiger partial charge in [0.2, 0.25) is 0 Å². The van der Waals surface area contributed by atoms with Crippen LogP contribution in [0.4, 0.5) is 0 Å². The molecule has 3 nitrogen and oxygen atoms in total. The van der Waals surface area contributed by atoms with E-state index in [0.29, 0.717) is 18.5 Å². The Labute approximate surface area is 99.9 Å². The first-order valence-electron chi connectivity index (χ1n) is 5.40.